The molecule has 0 spiro atoms. The summed E-state index contributed by atoms with van der Waals surface area (Å²) < 4.78 is 10.4. The van der Waals surface area contributed by atoms with Gasteiger partial charge in [0.15, 0.2) is 0 Å². The number of benzene rings is 1. The lowest BCUT2D eigenvalue weighted by molar-refractivity contribution is 0.0273. The van der Waals surface area contributed by atoms with Gasteiger partial charge in [0.05, 0.1) is 6.61 Å². The summed E-state index contributed by atoms with van der Waals surface area (Å²) in [5, 5.41) is 10.2. The number of aliphatic hydroxyl groups excluding tert-OH is 1. The first-order valence-electron chi connectivity index (χ1n) is 6.38. The molecule has 0 saturated heterocycles. The summed E-state index contributed by atoms with van der Waals surface area (Å²) in [7, 11) is 1.67. The van der Waals surface area contributed by atoms with E-state index < -0.39 is 6.10 Å². The number of ether oxygens (including phenoxy) is 2. The molecular weight excluding hydrogens is 228 g/mol. The molecule has 18 heavy (non-hydrogen) atoms. The molecule has 1 atom stereocenters. The maximum Gasteiger partial charge on any atom is 0.103 e. The van der Waals surface area contributed by atoms with Gasteiger partial charge in [-0.05, 0) is 43.9 Å². The molecule has 0 fully saturated rings. The highest BCUT2D eigenvalue weighted by molar-refractivity contribution is 5.38. The fourth-order valence-electron chi connectivity index (χ4n) is 2.30. The second-order valence-electron chi connectivity index (χ2n) is 4.75. The van der Waals surface area contributed by atoms with Gasteiger partial charge in [-0.25, -0.2) is 0 Å². The fourth-order valence-corrected chi connectivity index (χ4v) is 2.30. The van der Waals surface area contributed by atoms with Gasteiger partial charge in [0.2, 0.25) is 0 Å². The van der Waals surface area contributed by atoms with Crippen molar-refractivity contribution in [3.8, 4) is 0 Å². The maximum absolute atomic E-state index is 10.2. The van der Waals surface area contributed by atoms with Gasteiger partial charge in [-0.1, -0.05) is 17.7 Å². The first kappa shape index (κ1) is 15.2. The molecule has 0 aliphatic carbocycles. The van der Waals surface area contributed by atoms with Gasteiger partial charge in [-0.2, -0.15) is 0 Å². The van der Waals surface area contributed by atoms with Gasteiger partial charge < -0.3 is 14.6 Å². The van der Waals surface area contributed by atoms with Crippen LogP contribution in [0.5, 0.6) is 0 Å². The highest BCUT2D eigenvalue weighted by atomic mass is 16.5. The van der Waals surface area contributed by atoms with Crippen LogP contribution in [0.1, 0.15) is 34.8 Å². The van der Waals surface area contributed by atoms with E-state index in [9.17, 15) is 5.11 Å². The molecule has 0 radical (unpaired) electrons. The average molecular weight is 252 g/mol. The zero-order valence-corrected chi connectivity index (χ0v) is 11.8. The van der Waals surface area contributed by atoms with Gasteiger partial charge in [-0.15, -0.1) is 0 Å². The van der Waals surface area contributed by atoms with E-state index in [-0.39, 0.29) is 0 Å². The maximum atomic E-state index is 10.2. The van der Waals surface area contributed by atoms with Crippen LogP contribution in [0, 0.1) is 20.8 Å². The van der Waals surface area contributed by atoms with Gasteiger partial charge in [0.25, 0.3) is 0 Å². The van der Waals surface area contributed by atoms with Crippen molar-refractivity contribution in [2.45, 2.75) is 33.3 Å². The zero-order chi connectivity index (χ0) is 13.5. The molecule has 0 aliphatic heterocycles. The van der Waals surface area contributed by atoms with Crippen molar-refractivity contribution in [2.24, 2.45) is 0 Å². The van der Waals surface area contributed by atoms with E-state index >= 15 is 0 Å². The van der Waals surface area contributed by atoms with Crippen molar-refractivity contribution in [2.75, 3.05) is 26.9 Å². The Morgan fingerprint density at radius 1 is 1.11 bits per heavy atom. The highest BCUT2D eigenvalue weighted by Gasteiger charge is 2.13. The first-order chi connectivity index (χ1) is 8.56. The van der Waals surface area contributed by atoms with Crippen molar-refractivity contribution in [1.29, 1.82) is 0 Å². The molecular formula is C15H24O3. The van der Waals surface area contributed by atoms with Crippen molar-refractivity contribution >= 4 is 0 Å². The second kappa shape index (κ2) is 7.52. The predicted octanol–water partition coefficient (Wildman–Crippen LogP) is 2.70. The Kier molecular flexibility index (Phi) is 6.33. The van der Waals surface area contributed by atoms with Gasteiger partial charge in [0, 0.05) is 20.3 Å². The van der Waals surface area contributed by atoms with Crippen LogP contribution in [0.25, 0.3) is 0 Å². The fraction of sp³-hybridized carbons (Fsp3) is 0.600. The minimum Gasteiger partial charge on any atom is -0.386 e. The van der Waals surface area contributed by atoms with E-state index in [1.54, 1.807) is 7.11 Å². The standard InChI is InChI=1S/C15H24O3/c1-11-8-12(2)15(13(3)9-11)14(16)10-18-7-5-6-17-4/h8-9,14,16H,5-7,10H2,1-4H3. The molecule has 3 nitrogen and oxygen atoms in total. The van der Waals surface area contributed by atoms with Crippen molar-refractivity contribution in [3.05, 3.63) is 34.4 Å². The predicted molar refractivity (Wildman–Crippen MR) is 72.9 cm³/mol. The van der Waals surface area contributed by atoms with E-state index in [1.165, 1.54) is 5.56 Å². The minimum atomic E-state index is -0.548. The summed E-state index contributed by atoms with van der Waals surface area (Å²) in [6.45, 7) is 7.78. The number of rotatable bonds is 7. The van der Waals surface area contributed by atoms with Crippen molar-refractivity contribution in [3.63, 3.8) is 0 Å². The molecule has 1 rings (SSSR count). The first-order valence-corrected chi connectivity index (χ1v) is 6.38. The number of methoxy groups -OCH3 is 1. The third-order valence-electron chi connectivity index (χ3n) is 2.98. The van der Waals surface area contributed by atoms with E-state index in [0.717, 1.165) is 23.1 Å². The monoisotopic (exact) mass is 252 g/mol. The lowest BCUT2D eigenvalue weighted by Gasteiger charge is -2.17. The van der Waals surface area contributed by atoms with Crippen LogP contribution in [0.2, 0.25) is 0 Å². The summed E-state index contributed by atoms with van der Waals surface area (Å²) in [5.74, 6) is 0. The Balaban J connectivity index is 2.53. The summed E-state index contributed by atoms with van der Waals surface area (Å²) in [4.78, 5) is 0. The average Bonchev–Trinajstić information content (AvgIpc) is 2.27. The Bertz CT molecular complexity index is 351. The molecule has 1 aromatic rings. The topological polar surface area (TPSA) is 38.7 Å². The molecule has 0 bridgehead atoms. The number of hydrogen-bond donors (Lipinski definition) is 1. The SMILES string of the molecule is COCCCOCC(O)c1c(C)cc(C)cc1C. The molecule has 0 heterocycles. The van der Waals surface area contributed by atoms with Crippen molar-refractivity contribution < 1.29 is 14.6 Å². The van der Waals surface area contributed by atoms with E-state index in [2.05, 4.69) is 19.1 Å². The molecule has 1 N–H and O–H groups in total. The quantitative estimate of drug-likeness (QED) is 0.758. The number of aliphatic hydroxyl groups is 1. The van der Waals surface area contributed by atoms with Gasteiger partial charge in [-0.3, -0.25) is 0 Å². The third kappa shape index (κ3) is 4.41. The second-order valence-corrected chi connectivity index (χ2v) is 4.75. The van der Waals surface area contributed by atoms with E-state index in [0.29, 0.717) is 19.8 Å². The molecule has 0 saturated carbocycles. The molecule has 1 unspecified atom stereocenters. The highest BCUT2D eigenvalue weighted by Crippen LogP contribution is 2.23. The van der Waals surface area contributed by atoms with Crippen LogP contribution < -0.4 is 0 Å². The Hall–Kier alpha value is -0.900. The number of hydrogen-bond acceptors (Lipinski definition) is 3. The molecule has 0 aromatic heterocycles. The third-order valence-corrected chi connectivity index (χ3v) is 2.98. The van der Waals surface area contributed by atoms with Crippen LogP contribution in [-0.4, -0.2) is 32.0 Å². The molecule has 1 aromatic carbocycles. The minimum absolute atomic E-state index is 0.342. The summed E-state index contributed by atoms with van der Waals surface area (Å²) in [6, 6.07) is 4.19. The van der Waals surface area contributed by atoms with Crippen LogP contribution in [0.3, 0.4) is 0 Å². The molecule has 0 amide bonds. The largest absolute Gasteiger partial charge is 0.386 e. The normalized spacial score (nSPS) is 12.7. The van der Waals surface area contributed by atoms with Crippen LogP contribution in [0.15, 0.2) is 12.1 Å². The van der Waals surface area contributed by atoms with E-state index in [1.807, 2.05) is 13.8 Å². The lowest BCUT2D eigenvalue weighted by atomic mass is 9.96. The Morgan fingerprint density at radius 3 is 2.28 bits per heavy atom. The van der Waals surface area contributed by atoms with Crippen LogP contribution in [-0.2, 0) is 9.47 Å². The summed E-state index contributed by atoms with van der Waals surface area (Å²) in [5.41, 5.74) is 4.47. The lowest BCUT2D eigenvalue weighted by Crippen LogP contribution is -2.12. The molecule has 102 valence electrons. The van der Waals surface area contributed by atoms with E-state index in [4.69, 9.17) is 9.47 Å². The number of aryl methyl sites for hydroxylation is 3. The van der Waals surface area contributed by atoms with Crippen LogP contribution in [0.4, 0.5) is 0 Å². The van der Waals surface area contributed by atoms with Crippen molar-refractivity contribution in [1.82, 2.24) is 0 Å². The molecule has 0 aliphatic rings. The Morgan fingerprint density at radius 2 is 1.72 bits per heavy atom. The smallest absolute Gasteiger partial charge is 0.103 e. The molecule has 3 heteroatoms. The van der Waals surface area contributed by atoms with Gasteiger partial charge in [0.1, 0.15) is 6.10 Å². The summed E-state index contributed by atoms with van der Waals surface area (Å²) >= 11 is 0. The Labute approximate surface area is 110 Å². The summed E-state index contributed by atoms with van der Waals surface area (Å²) in [6.07, 6.45) is 0.308. The van der Waals surface area contributed by atoms with Gasteiger partial charge >= 0.3 is 0 Å². The van der Waals surface area contributed by atoms with Crippen LogP contribution >= 0.6 is 0 Å². The zero-order valence-electron chi connectivity index (χ0n) is 11.8.